The van der Waals surface area contributed by atoms with Gasteiger partial charge >= 0.3 is 0 Å². The summed E-state index contributed by atoms with van der Waals surface area (Å²) >= 11 is 1.30. The number of hydrogen-bond donors (Lipinski definition) is 1. The van der Waals surface area contributed by atoms with Gasteiger partial charge in [0, 0.05) is 11.6 Å². The Morgan fingerprint density at radius 2 is 2.07 bits per heavy atom. The van der Waals surface area contributed by atoms with Crippen LogP contribution in [-0.2, 0) is 4.79 Å². The van der Waals surface area contributed by atoms with E-state index in [0.717, 1.165) is 16.8 Å². The number of rotatable bonds is 4. The molecular formula is C20H18N2O4S. The van der Waals surface area contributed by atoms with Gasteiger partial charge in [0.1, 0.15) is 5.75 Å². The second-order valence-corrected chi connectivity index (χ2v) is 7.03. The lowest BCUT2D eigenvalue weighted by Crippen LogP contribution is -2.19. The van der Waals surface area contributed by atoms with Gasteiger partial charge in [-0.3, -0.25) is 4.79 Å². The van der Waals surface area contributed by atoms with Crippen LogP contribution >= 0.6 is 11.8 Å². The highest BCUT2D eigenvalue weighted by molar-refractivity contribution is 8.18. The third-order valence-corrected chi connectivity index (χ3v) is 4.88. The molecule has 1 N–H and O–H groups in total. The molecular weight excluding hydrogens is 364 g/mol. The molecule has 0 spiro atoms. The summed E-state index contributed by atoms with van der Waals surface area (Å²) < 4.78 is 16.5. The van der Waals surface area contributed by atoms with Gasteiger partial charge in [-0.05, 0) is 55.4 Å². The Morgan fingerprint density at radius 1 is 1.26 bits per heavy atom. The van der Waals surface area contributed by atoms with Crippen LogP contribution in [0.25, 0.3) is 6.08 Å². The third kappa shape index (κ3) is 3.78. The van der Waals surface area contributed by atoms with Crippen molar-refractivity contribution >= 4 is 34.6 Å². The molecule has 0 aliphatic carbocycles. The number of aliphatic imine (C=N–C) groups is 1. The van der Waals surface area contributed by atoms with Crippen molar-refractivity contribution in [1.82, 2.24) is 5.32 Å². The number of hydrogen-bond acceptors (Lipinski definition) is 6. The standard InChI is InChI=1S/C20H18N2O4S/c1-3-24-15-10-17-16(25-11-26-17)8-13(15)9-18-19(23)22-20(27-18)21-14-6-4-5-12(2)7-14/h4-10H,3,11H2,1-2H3,(H,21,22,23)/b18-9+. The number of nitrogens with zero attached hydrogens (tertiary/aromatic N) is 1. The number of carbonyl (C=O) groups is 1. The molecule has 0 unspecified atom stereocenters. The van der Waals surface area contributed by atoms with Crippen LogP contribution < -0.4 is 19.5 Å². The first-order valence-electron chi connectivity index (χ1n) is 8.55. The topological polar surface area (TPSA) is 69.2 Å². The number of aryl methyl sites for hydroxylation is 1. The molecule has 0 bridgehead atoms. The van der Waals surface area contributed by atoms with E-state index in [9.17, 15) is 4.79 Å². The molecule has 1 fully saturated rings. The summed E-state index contributed by atoms with van der Waals surface area (Å²) in [5.41, 5.74) is 2.68. The van der Waals surface area contributed by atoms with Gasteiger partial charge in [-0.15, -0.1) is 0 Å². The van der Waals surface area contributed by atoms with Crippen molar-refractivity contribution in [3.8, 4) is 17.2 Å². The zero-order valence-electron chi connectivity index (χ0n) is 14.9. The Hall–Kier alpha value is -2.93. The van der Waals surface area contributed by atoms with E-state index in [2.05, 4.69) is 10.3 Å². The van der Waals surface area contributed by atoms with E-state index in [-0.39, 0.29) is 12.7 Å². The van der Waals surface area contributed by atoms with Crippen LogP contribution in [-0.4, -0.2) is 24.5 Å². The molecule has 0 radical (unpaired) electrons. The Kier molecular flexibility index (Phi) is 4.77. The first kappa shape index (κ1) is 17.5. The van der Waals surface area contributed by atoms with Crippen LogP contribution in [0.3, 0.4) is 0 Å². The van der Waals surface area contributed by atoms with Crippen molar-refractivity contribution < 1.29 is 19.0 Å². The van der Waals surface area contributed by atoms with E-state index in [1.165, 1.54) is 11.8 Å². The summed E-state index contributed by atoms with van der Waals surface area (Å²) in [6, 6.07) is 11.4. The lowest BCUT2D eigenvalue weighted by Gasteiger charge is -2.09. The number of fused-ring (bicyclic) bond motifs is 1. The zero-order valence-corrected chi connectivity index (χ0v) is 15.8. The Balaban J connectivity index is 1.64. The van der Waals surface area contributed by atoms with Crippen LogP contribution in [0.1, 0.15) is 18.1 Å². The minimum atomic E-state index is -0.188. The summed E-state index contributed by atoms with van der Waals surface area (Å²) in [5.74, 6) is 1.74. The van der Waals surface area contributed by atoms with Gasteiger partial charge in [-0.1, -0.05) is 12.1 Å². The minimum absolute atomic E-state index is 0.184. The van der Waals surface area contributed by atoms with Gasteiger partial charge in [-0.2, -0.15) is 0 Å². The van der Waals surface area contributed by atoms with E-state index in [1.807, 2.05) is 44.2 Å². The molecule has 2 aliphatic rings. The van der Waals surface area contributed by atoms with Crippen LogP contribution in [0.15, 0.2) is 46.3 Å². The number of benzene rings is 2. The number of amides is 1. The monoisotopic (exact) mass is 382 g/mol. The van der Waals surface area contributed by atoms with Gasteiger partial charge in [0.2, 0.25) is 6.79 Å². The maximum absolute atomic E-state index is 12.4. The SMILES string of the molecule is CCOc1cc2c(cc1/C=C1/SC(=Nc3cccc(C)c3)NC1=O)OCO2. The fourth-order valence-corrected chi connectivity index (χ4v) is 3.60. The molecule has 2 aliphatic heterocycles. The van der Waals surface area contributed by atoms with Crippen molar-refractivity contribution in [2.45, 2.75) is 13.8 Å². The summed E-state index contributed by atoms with van der Waals surface area (Å²) in [4.78, 5) is 17.4. The number of nitrogens with one attached hydrogen (secondary N) is 1. The number of carbonyl (C=O) groups excluding carboxylic acids is 1. The average molecular weight is 382 g/mol. The van der Waals surface area contributed by atoms with Gasteiger partial charge in [0.25, 0.3) is 5.91 Å². The van der Waals surface area contributed by atoms with Crippen molar-refractivity contribution in [3.63, 3.8) is 0 Å². The fourth-order valence-electron chi connectivity index (χ4n) is 2.77. The summed E-state index contributed by atoms with van der Waals surface area (Å²) in [6.45, 7) is 4.61. The second-order valence-electron chi connectivity index (χ2n) is 6.00. The molecule has 2 aromatic carbocycles. The zero-order chi connectivity index (χ0) is 18.8. The van der Waals surface area contributed by atoms with Crippen molar-refractivity contribution in [3.05, 3.63) is 52.4 Å². The first-order chi connectivity index (χ1) is 13.1. The largest absolute Gasteiger partial charge is 0.493 e. The van der Waals surface area contributed by atoms with E-state index >= 15 is 0 Å². The molecule has 2 heterocycles. The van der Waals surface area contributed by atoms with Gasteiger partial charge < -0.3 is 19.5 Å². The lowest BCUT2D eigenvalue weighted by atomic mass is 10.1. The molecule has 6 nitrogen and oxygen atoms in total. The Bertz CT molecular complexity index is 968. The van der Waals surface area contributed by atoms with E-state index < -0.39 is 0 Å². The number of thioether (sulfide) groups is 1. The molecule has 1 saturated heterocycles. The molecule has 1 amide bonds. The molecule has 4 rings (SSSR count). The van der Waals surface area contributed by atoms with Crippen LogP contribution in [0.5, 0.6) is 17.2 Å². The summed E-state index contributed by atoms with van der Waals surface area (Å²) in [6.07, 6.45) is 1.78. The van der Waals surface area contributed by atoms with E-state index in [1.54, 1.807) is 12.1 Å². The Morgan fingerprint density at radius 3 is 2.85 bits per heavy atom. The smallest absolute Gasteiger partial charge is 0.264 e. The van der Waals surface area contributed by atoms with E-state index in [4.69, 9.17) is 14.2 Å². The maximum atomic E-state index is 12.4. The Labute approximate surface area is 161 Å². The molecule has 2 aromatic rings. The summed E-state index contributed by atoms with van der Waals surface area (Å²) in [7, 11) is 0. The molecule has 0 saturated carbocycles. The van der Waals surface area contributed by atoms with Crippen LogP contribution in [0.4, 0.5) is 5.69 Å². The van der Waals surface area contributed by atoms with Crippen molar-refractivity contribution in [1.29, 1.82) is 0 Å². The third-order valence-electron chi connectivity index (χ3n) is 3.97. The number of ether oxygens (including phenoxy) is 3. The first-order valence-corrected chi connectivity index (χ1v) is 9.37. The second kappa shape index (κ2) is 7.36. The van der Waals surface area contributed by atoms with E-state index in [0.29, 0.717) is 33.9 Å². The van der Waals surface area contributed by atoms with Gasteiger partial charge in [-0.25, -0.2) is 4.99 Å². The predicted molar refractivity (Wildman–Crippen MR) is 106 cm³/mol. The van der Waals surface area contributed by atoms with Crippen LogP contribution in [0.2, 0.25) is 0 Å². The van der Waals surface area contributed by atoms with Crippen molar-refractivity contribution in [2.75, 3.05) is 13.4 Å². The lowest BCUT2D eigenvalue weighted by molar-refractivity contribution is -0.115. The molecule has 0 aromatic heterocycles. The molecule has 0 atom stereocenters. The molecule has 7 heteroatoms. The average Bonchev–Trinajstić information content (AvgIpc) is 3.21. The quantitative estimate of drug-likeness (QED) is 0.809. The highest BCUT2D eigenvalue weighted by Gasteiger charge is 2.25. The maximum Gasteiger partial charge on any atom is 0.264 e. The van der Waals surface area contributed by atoms with Crippen molar-refractivity contribution in [2.24, 2.45) is 4.99 Å². The fraction of sp³-hybridized carbons (Fsp3) is 0.200. The van der Waals surface area contributed by atoms with Gasteiger partial charge in [0.15, 0.2) is 16.7 Å². The molecule has 27 heavy (non-hydrogen) atoms. The van der Waals surface area contributed by atoms with Gasteiger partial charge in [0.05, 0.1) is 17.2 Å². The summed E-state index contributed by atoms with van der Waals surface area (Å²) in [5, 5.41) is 3.36. The number of amidine groups is 1. The highest BCUT2D eigenvalue weighted by Crippen LogP contribution is 2.40. The normalized spacial score (nSPS) is 18.2. The van der Waals surface area contributed by atoms with Crippen LogP contribution in [0, 0.1) is 6.92 Å². The minimum Gasteiger partial charge on any atom is -0.493 e. The highest BCUT2D eigenvalue weighted by atomic mass is 32.2. The predicted octanol–water partition coefficient (Wildman–Crippen LogP) is 4.01. The molecule has 138 valence electrons.